The van der Waals surface area contributed by atoms with Crippen molar-refractivity contribution in [3.8, 4) is 0 Å². The van der Waals surface area contributed by atoms with Crippen LogP contribution in [0, 0.1) is 11.8 Å². The van der Waals surface area contributed by atoms with E-state index in [0.717, 1.165) is 20.8 Å². The van der Waals surface area contributed by atoms with Crippen LogP contribution in [-0.4, -0.2) is 85.2 Å². The highest BCUT2D eigenvalue weighted by Gasteiger charge is 2.56. The number of hydrogen-bond donors (Lipinski definition) is 0. The molecule has 0 aromatic rings. The van der Waals surface area contributed by atoms with Crippen LogP contribution in [0.1, 0.15) is 60.8 Å². The first-order chi connectivity index (χ1) is 19.7. The molecule has 42 heavy (non-hydrogen) atoms. The third-order valence-corrected chi connectivity index (χ3v) is 8.08. The van der Waals surface area contributed by atoms with Gasteiger partial charge in [0.25, 0.3) is 0 Å². The van der Waals surface area contributed by atoms with Crippen molar-refractivity contribution in [2.45, 2.75) is 97.1 Å². The van der Waals surface area contributed by atoms with Crippen molar-refractivity contribution in [1.29, 1.82) is 0 Å². The van der Waals surface area contributed by atoms with E-state index in [2.05, 4.69) is 0 Å². The zero-order chi connectivity index (χ0) is 30.9. The van der Waals surface area contributed by atoms with Crippen LogP contribution in [-0.2, 0) is 61.9 Å². The molecule has 2 aliphatic heterocycles. The SMILES string of the molecule is CC(=O)OCC1OC(OCC2=C3C(=O)C=C(C)C34CC(CC2)C(C)C(=O)O4)C(OC(C)=O)C(OC(C)=O)C1OC(C)=O. The monoisotopic (exact) mass is 592 g/mol. The molecule has 2 bridgehead atoms. The van der Waals surface area contributed by atoms with Crippen molar-refractivity contribution in [2.24, 2.45) is 11.8 Å². The lowest BCUT2D eigenvalue weighted by atomic mass is 9.75. The molecule has 1 spiro atoms. The van der Waals surface area contributed by atoms with Gasteiger partial charge in [0.1, 0.15) is 12.7 Å². The summed E-state index contributed by atoms with van der Waals surface area (Å²) in [5, 5.41) is 0. The molecule has 0 aromatic heterocycles. The number of hydrogen-bond acceptors (Lipinski definition) is 13. The molecule has 4 aliphatic rings. The summed E-state index contributed by atoms with van der Waals surface area (Å²) in [5.41, 5.74) is 0.389. The van der Waals surface area contributed by atoms with Gasteiger partial charge in [0.05, 0.1) is 12.5 Å². The number of ether oxygens (including phenoxy) is 7. The number of allylic oxidation sites excluding steroid dienone is 1. The van der Waals surface area contributed by atoms with Crippen molar-refractivity contribution in [2.75, 3.05) is 13.2 Å². The van der Waals surface area contributed by atoms with Gasteiger partial charge in [-0.25, -0.2) is 0 Å². The molecule has 0 saturated carbocycles. The quantitative estimate of drug-likeness (QED) is 0.295. The van der Waals surface area contributed by atoms with Crippen LogP contribution in [0.2, 0.25) is 0 Å². The number of rotatable bonds is 8. The Hall–Kier alpha value is -3.58. The Morgan fingerprint density at radius 1 is 0.929 bits per heavy atom. The lowest BCUT2D eigenvalue weighted by Gasteiger charge is -2.44. The zero-order valence-corrected chi connectivity index (χ0v) is 24.5. The van der Waals surface area contributed by atoms with E-state index in [1.807, 2.05) is 6.92 Å². The summed E-state index contributed by atoms with van der Waals surface area (Å²) >= 11 is 0. The van der Waals surface area contributed by atoms with Crippen LogP contribution in [0.4, 0.5) is 0 Å². The third kappa shape index (κ3) is 6.26. The van der Waals surface area contributed by atoms with Gasteiger partial charge in [-0.15, -0.1) is 0 Å². The number of ketones is 1. The first-order valence-corrected chi connectivity index (χ1v) is 13.8. The molecule has 8 atom stereocenters. The molecule has 230 valence electrons. The normalized spacial score (nSPS) is 34.0. The fourth-order valence-electron chi connectivity index (χ4n) is 6.17. The summed E-state index contributed by atoms with van der Waals surface area (Å²) in [6.07, 6.45) is -3.68. The number of carbonyl (C=O) groups excluding carboxylic acids is 6. The van der Waals surface area contributed by atoms with Crippen molar-refractivity contribution < 1.29 is 61.9 Å². The van der Waals surface area contributed by atoms with Crippen LogP contribution >= 0.6 is 0 Å². The molecule has 4 rings (SSSR count). The molecular formula is C29H36O13. The molecule has 2 fully saturated rings. The summed E-state index contributed by atoms with van der Waals surface area (Å²) in [6, 6.07) is 0. The molecule has 0 aromatic carbocycles. The Morgan fingerprint density at radius 2 is 1.55 bits per heavy atom. The average molecular weight is 593 g/mol. The van der Waals surface area contributed by atoms with E-state index < -0.39 is 66.8 Å². The van der Waals surface area contributed by atoms with Crippen molar-refractivity contribution in [3.05, 3.63) is 22.8 Å². The van der Waals surface area contributed by atoms with Gasteiger partial charge in [0.2, 0.25) is 0 Å². The third-order valence-electron chi connectivity index (χ3n) is 8.08. The second-order valence-electron chi connectivity index (χ2n) is 11.1. The first-order valence-electron chi connectivity index (χ1n) is 13.8. The number of fused-ring (bicyclic) bond motifs is 1. The molecular weight excluding hydrogens is 556 g/mol. The van der Waals surface area contributed by atoms with E-state index >= 15 is 0 Å². The highest BCUT2D eigenvalue weighted by Crippen LogP contribution is 2.51. The summed E-state index contributed by atoms with van der Waals surface area (Å²) in [6.45, 7) is 7.56. The molecule has 2 aliphatic carbocycles. The summed E-state index contributed by atoms with van der Waals surface area (Å²) < 4.78 is 39.5. The van der Waals surface area contributed by atoms with E-state index in [0.29, 0.717) is 36.0 Å². The Bertz CT molecular complexity index is 1230. The highest BCUT2D eigenvalue weighted by molar-refractivity contribution is 6.11. The average Bonchev–Trinajstić information content (AvgIpc) is 3.02. The molecule has 13 heteroatoms. The van der Waals surface area contributed by atoms with Gasteiger partial charge in [0, 0.05) is 33.3 Å². The van der Waals surface area contributed by atoms with Crippen molar-refractivity contribution in [3.63, 3.8) is 0 Å². The Balaban J connectivity index is 1.69. The van der Waals surface area contributed by atoms with Gasteiger partial charge < -0.3 is 33.2 Å². The van der Waals surface area contributed by atoms with Gasteiger partial charge in [0.15, 0.2) is 36.0 Å². The van der Waals surface area contributed by atoms with Crippen LogP contribution in [0.15, 0.2) is 22.8 Å². The van der Waals surface area contributed by atoms with E-state index in [1.54, 1.807) is 6.92 Å². The predicted molar refractivity (Wildman–Crippen MR) is 139 cm³/mol. The Morgan fingerprint density at radius 3 is 2.17 bits per heavy atom. The largest absolute Gasteiger partial charge is 0.463 e. The van der Waals surface area contributed by atoms with E-state index in [9.17, 15) is 28.8 Å². The van der Waals surface area contributed by atoms with Crippen molar-refractivity contribution >= 4 is 35.6 Å². The van der Waals surface area contributed by atoms with E-state index in [-0.39, 0.29) is 30.2 Å². The standard InChI is InChI=1S/C29H36O13/c1-13-9-21(34)23-20(8-7-19-10-29(13,23)42-27(35)14(19)2)11-37-28-26(40-18(6)33)25(39-17(5)32)24(38-16(4)31)22(41-28)12-36-15(3)30/h9,14,19,22,24-26,28H,7-8,10-12H2,1-6H3. The molecule has 0 N–H and O–H groups in total. The van der Waals surface area contributed by atoms with E-state index in [4.69, 9.17) is 33.2 Å². The smallest absolute Gasteiger partial charge is 0.310 e. The summed E-state index contributed by atoms with van der Waals surface area (Å²) in [7, 11) is 0. The Kier molecular flexibility index (Phi) is 9.21. The van der Waals surface area contributed by atoms with Crippen LogP contribution in [0.3, 0.4) is 0 Å². The Labute approximate surface area is 242 Å². The molecule has 2 saturated heterocycles. The number of carbonyl (C=O) groups is 6. The second-order valence-corrected chi connectivity index (χ2v) is 11.1. The summed E-state index contributed by atoms with van der Waals surface area (Å²) in [4.78, 5) is 73.7. The van der Waals surface area contributed by atoms with Gasteiger partial charge in [-0.3, -0.25) is 28.8 Å². The van der Waals surface area contributed by atoms with Crippen molar-refractivity contribution in [1.82, 2.24) is 0 Å². The predicted octanol–water partition coefficient (Wildman–Crippen LogP) is 1.64. The maximum atomic E-state index is 13.2. The number of esters is 5. The van der Waals surface area contributed by atoms with Crippen LogP contribution < -0.4 is 0 Å². The van der Waals surface area contributed by atoms with Crippen LogP contribution in [0.25, 0.3) is 0 Å². The highest BCUT2D eigenvalue weighted by atomic mass is 16.7. The minimum absolute atomic E-state index is 0.0151. The van der Waals surface area contributed by atoms with E-state index in [1.165, 1.54) is 13.0 Å². The minimum atomic E-state index is -1.40. The molecule has 0 radical (unpaired) electrons. The fourth-order valence-corrected chi connectivity index (χ4v) is 6.17. The lowest BCUT2D eigenvalue weighted by Crippen LogP contribution is -2.63. The van der Waals surface area contributed by atoms with Gasteiger partial charge >= 0.3 is 29.8 Å². The fraction of sp³-hybridized carbons (Fsp3) is 0.655. The lowest BCUT2D eigenvalue weighted by molar-refractivity contribution is -0.306. The topological polar surface area (TPSA) is 167 Å². The molecule has 13 nitrogen and oxygen atoms in total. The minimum Gasteiger partial charge on any atom is -0.463 e. The summed E-state index contributed by atoms with van der Waals surface area (Å²) in [5.74, 6) is -3.91. The van der Waals surface area contributed by atoms with Gasteiger partial charge in [-0.1, -0.05) is 6.92 Å². The van der Waals surface area contributed by atoms with Gasteiger partial charge in [-0.2, -0.15) is 0 Å². The second kappa shape index (κ2) is 12.3. The van der Waals surface area contributed by atoms with Crippen LogP contribution in [0.5, 0.6) is 0 Å². The van der Waals surface area contributed by atoms with Gasteiger partial charge in [-0.05, 0) is 49.3 Å². The zero-order valence-electron chi connectivity index (χ0n) is 24.5. The molecule has 2 heterocycles. The maximum Gasteiger partial charge on any atom is 0.310 e. The molecule has 8 unspecified atom stereocenters. The molecule has 0 amide bonds. The maximum absolute atomic E-state index is 13.2. The first kappa shape index (κ1) is 31.4.